The van der Waals surface area contributed by atoms with Crippen molar-refractivity contribution in [2.75, 3.05) is 12.8 Å². The van der Waals surface area contributed by atoms with E-state index >= 15 is 0 Å². The number of hydrogen-bond donors (Lipinski definition) is 1. The van der Waals surface area contributed by atoms with E-state index in [9.17, 15) is 4.57 Å². The number of allylic oxidation sites excluding steroid dienone is 1. The second kappa shape index (κ2) is 6.51. The smallest absolute Gasteiger partial charge is 0.146 e. The number of aliphatic hydroxyl groups excluding tert-OH is 1. The fourth-order valence-electron chi connectivity index (χ4n) is 1.99. The molecule has 0 amide bonds. The van der Waals surface area contributed by atoms with Crippen LogP contribution in [0.4, 0.5) is 0 Å². The molecule has 2 aromatic rings. The Kier molecular flexibility index (Phi) is 4.73. The van der Waals surface area contributed by atoms with E-state index in [2.05, 4.69) is 0 Å². The molecule has 0 saturated heterocycles. The molecule has 0 bridgehead atoms. The molecule has 19 heavy (non-hydrogen) atoms. The molecule has 2 nitrogen and oxygen atoms in total. The summed E-state index contributed by atoms with van der Waals surface area (Å²) < 4.78 is 13.4. The first-order valence-corrected chi connectivity index (χ1v) is 8.13. The summed E-state index contributed by atoms with van der Waals surface area (Å²) in [6.45, 7) is -0.0242. The third-order valence-corrected chi connectivity index (χ3v) is 5.97. The van der Waals surface area contributed by atoms with E-state index in [0.717, 1.165) is 10.6 Å². The molecule has 2 rings (SSSR count). The van der Waals surface area contributed by atoms with Crippen molar-refractivity contribution in [2.45, 2.75) is 0 Å². The van der Waals surface area contributed by atoms with E-state index < -0.39 is 7.14 Å². The van der Waals surface area contributed by atoms with E-state index in [1.165, 1.54) is 0 Å². The number of aliphatic hydroxyl groups is 1. The van der Waals surface area contributed by atoms with Gasteiger partial charge in [0, 0.05) is 16.8 Å². The van der Waals surface area contributed by atoms with Crippen molar-refractivity contribution in [3.63, 3.8) is 0 Å². The highest BCUT2D eigenvalue weighted by atomic mass is 31.2. The first kappa shape index (κ1) is 13.8. The van der Waals surface area contributed by atoms with Gasteiger partial charge in [0.2, 0.25) is 0 Å². The van der Waals surface area contributed by atoms with Crippen molar-refractivity contribution < 1.29 is 9.67 Å². The van der Waals surface area contributed by atoms with Crippen molar-refractivity contribution in [1.29, 1.82) is 0 Å². The van der Waals surface area contributed by atoms with Crippen molar-refractivity contribution in [3.8, 4) is 0 Å². The monoisotopic (exact) mass is 272 g/mol. The van der Waals surface area contributed by atoms with Gasteiger partial charge in [-0.1, -0.05) is 72.8 Å². The zero-order valence-electron chi connectivity index (χ0n) is 10.6. The second-order valence-corrected chi connectivity index (χ2v) is 7.12. The Labute approximate surface area is 113 Å². The van der Waals surface area contributed by atoms with E-state index in [-0.39, 0.29) is 6.61 Å². The van der Waals surface area contributed by atoms with Gasteiger partial charge in [-0.15, -0.1) is 0 Å². The molecule has 3 heteroatoms. The van der Waals surface area contributed by atoms with E-state index in [4.69, 9.17) is 5.11 Å². The molecule has 0 aliphatic heterocycles. The lowest BCUT2D eigenvalue weighted by Gasteiger charge is -2.17. The van der Waals surface area contributed by atoms with Gasteiger partial charge in [0.25, 0.3) is 0 Å². The van der Waals surface area contributed by atoms with Crippen LogP contribution in [0.3, 0.4) is 0 Å². The second-order valence-electron chi connectivity index (χ2n) is 4.25. The molecular formula is C16H17O2P. The zero-order chi connectivity index (χ0) is 13.6. The van der Waals surface area contributed by atoms with Gasteiger partial charge in [-0.3, -0.25) is 0 Å². The molecule has 0 radical (unpaired) electrons. The molecule has 0 spiro atoms. The molecule has 0 aromatic heterocycles. The Bertz CT molecular complexity index is 533. The summed E-state index contributed by atoms with van der Waals surface area (Å²) in [4.78, 5) is 0. The largest absolute Gasteiger partial charge is 0.392 e. The maximum Gasteiger partial charge on any atom is 0.146 e. The van der Waals surface area contributed by atoms with Gasteiger partial charge < -0.3 is 9.67 Å². The predicted octanol–water partition coefficient (Wildman–Crippen LogP) is 2.55. The zero-order valence-corrected chi connectivity index (χ0v) is 11.5. The van der Waals surface area contributed by atoms with Crippen LogP contribution in [0, 0.1) is 0 Å². The lowest BCUT2D eigenvalue weighted by Crippen LogP contribution is -2.17. The number of rotatable bonds is 5. The van der Waals surface area contributed by atoms with Crippen molar-refractivity contribution >= 4 is 17.8 Å². The Morgan fingerprint density at radius 3 is 1.74 bits per heavy atom. The lowest BCUT2D eigenvalue weighted by molar-refractivity contribution is 0.342. The SMILES string of the molecule is O=P(C/C=C\CO)(c1ccccc1)c1ccccc1. The summed E-state index contributed by atoms with van der Waals surface area (Å²) in [6, 6.07) is 19.1. The summed E-state index contributed by atoms with van der Waals surface area (Å²) in [5, 5.41) is 10.5. The average Bonchev–Trinajstić information content (AvgIpc) is 2.49. The fourth-order valence-corrected chi connectivity index (χ4v) is 4.47. The van der Waals surface area contributed by atoms with Gasteiger partial charge >= 0.3 is 0 Å². The van der Waals surface area contributed by atoms with Gasteiger partial charge in [0.05, 0.1) is 6.61 Å². The van der Waals surface area contributed by atoms with Crippen molar-refractivity contribution in [3.05, 3.63) is 72.8 Å². The topological polar surface area (TPSA) is 37.3 Å². The summed E-state index contributed by atoms with van der Waals surface area (Å²) in [5.41, 5.74) is 0. The molecule has 0 heterocycles. The molecule has 1 N–H and O–H groups in total. The third-order valence-electron chi connectivity index (χ3n) is 2.98. The van der Waals surface area contributed by atoms with Crippen LogP contribution >= 0.6 is 7.14 Å². The van der Waals surface area contributed by atoms with Crippen LogP contribution in [-0.2, 0) is 4.57 Å². The highest BCUT2D eigenvalue weighted by Crippen LogP contribution is 2.43. The first-order chi connectivity index (χ1) is 9.27. The first-order valence-electron chi connectivity index (χ1n) is 6.23. The molecule has 0 unspecified atom stereocenters. The summed E-state index contributed by atoms with van der Waals surface area (Å²) >= 11 is 0. The maximum atomic E-state index is 13.4. The van der Waals surface area contributed by atoms with Crippen LogP contribution in [0.5, 0.6) is 0 Å². The Hall–Kier alpha value is -1.63. The summed E-state index contributed by atoms with van der Waals surface area (Å²) in [7, 11) is -2.65. The molecule has 2 aromatic carbocycles. The molecule has 98 valence electrons. The van der Waals surface area contributed by atoms with Gasteiger partial charge in [-0.25, -0.2) is 0 Å². The van der Waals surface area contributed by atoms with Crippen LogP contribution in [0.15, 0.2) is 72.8 Å². The summed E-state index contributed by atoms with van der Waals surface area (Å²) in [6.07, 6.45) is 3.86. The molecule has 0 aliphatic rings. The number of hydrogen-bond acceptors (Lipinski definition) is 2. The fraction of sp³-hybridized carbons (Fsp3) is 0.125. The van der Waals surface area contributed by atoms with Crippen LogP contribution in [0.2, 0.25) is 0 Å². The van der Waals surface area contributed by atoms with Crippen LogP contribution in [0.1, 0.15) is 0 Å². The van der Waals surface area contributed by atoms with E-state index in [1.807, 2.05) is 60.7 Å². The van der Waals surface area contributed by atoms with Crippen molar-refractivity contribution in [2.24, 2.45) is 0 Å². The molecule has 0 atom stereocenters. The minimum absolute atomic E-state index is 0.0242. The molecular weight excluding hydrogens is 255 g/mol. The highest BCUT2D eigenvalue weighted by molar-refractivity contribution is 7.78. The van der Waals surface area contributed by atoms with Gasteiger partial charge in [0.15, 0.2) is 0 Å². The van der Waals surface area contributed by atoms with Gasteiger partial charge in [-0.2, -0.15) is 0 Å². The Morgan fingerprint density at radius 1 is 0.842 bits per heavy atom. The third kappa shape index (κ3) is 3.23. The highest BCUT2D eigenvalue weighted by Gasteiger charge is 2.25. The Balaban J connectivity index is 2.45. The normalized spacial score (nSPS) is 11.8. The van der Waals surface area contributed by atoms with E-state index in [1.54, 1.807) is 12.2 Å². The van der Waals surface area contributed by atoms with Gasteiger partial charge in [-0.05, 0) is 0 Å². The lowest BCUT2D eigenvalue weighted by atomic mass is 10.4. The Morgan fingerprint density at radius 2 is 1.32 bits per heavy atom. The van der Waals surface area contributed by atoms with Gasteiger partial charge in [0.1, 0.15) is 7.14 Å². The van der Waals surface area contributed by atoms with E-state index in [0.29, 0.717) is 6.16 Å². The van der Waals surface area contributed by atoms with Crippen LogP contribution < -0.4 is 10.6 Å². The predicted molar refractivity (Wildman–Crippen MR) is 80.9 cm³/mol. The molecule has 0 aliphatic carbocycles. The maximum absolute atomic E-state index is 13.4. The average molecular weight is 272 g/mol. The van der Waals surface area contributed by atoms with Crippen LogP contribution in [-0.4, -0.2) is 17.9 Å². The molecule has 0 saturated carbocycles. The standard InChI is InChI=1S/C16H17O2P/c17-13-7-8-14-19(18,15-9-3-1-4-10-15)16-11-5-2-6-12-16/h1-12,17H,13-14H2/b8-7-. The molecule has 0 fully saturated rings. The number of benzene rings is 2. The van der Waals surface area contributed by atoms with Crippen LogP contribution in [0.25, 0.3) is 0 Å². The quantitative estimate of drug-likeness (QED) is 0.671. The van der Waals surface area contributed by atoms with Crippen molar-refractivity contribution in [1.82, 2.24) is 0 Å². The minimum Gasteiger partial charge on any atom is -0.392 e. The minimum atomic E-state index is -2.65. The summed E-state index contributed by atoms with van der Waals surface area (Å²) in [5.74, 6) is 0.